The maximum absolute atomic E-state index is 12.9. The molecule has 2 rings (SSSR count). The van der Waals surface area contributed by atoms with E-state index < -0.39 is 0 Å². The third-order valence-electron chi connectivity index (χ3n) is 2.69. The molecule has 2 N–H and O–H groups in total. The standard InChI is InChI=1S/C15H14F2N2O/c16-12-4-6-14(7-5-12)19-15(20)18-9-8-11-2-1-3-13(17)10-11/h1-7,10H,8-9H2,(H2,18,19,20). The lowest BCUT2D eigenvalue weighted by molar-refractivity contribution is 0.252. The van der Waals surface area contributed by atoms with Gasteiger partial charge in [-0.3, -0.25) is 0 Å². The molecule has 104 valence electrons. The van der Waals surface area contributed by atoms with E-state index in [1.54, 1.807) is 12.1 Å². The Balaban J connectivity index is 1.76. The number of benzene rings is 2. The van der Waals surface area contributed by atoms with Gasteiger partial charge < -0.3 is 10.6 Å². The Bertz CT molecular complexity index is 585. The molecule has 2 amide bonds. The fraction of sp³-hybridized carbons (Fsp3) is 0.133. The van der Waals surface area contributed by atoms with Crippen LogP contribution in [0.25, 0.3) is 0 Å². The van der Waals surface area contributed by atoms with E-state index in [9.17, 15) is 13.6 Å². The van der Waals surface area contributed by atoms with Crippen LogP contribution in [0.1, 0.15) is 5.56 Å². The Hall–Kier alpha value is -2.43. The summed E-state index contributed by atoms with van der Waals surface area (Å²) in [5.74, 6) is -0.652. The molecule has 0 fully saturated rings. The maximum Gasteiger partial charge on any atom is 0.319 e. The van der Waals surface area contributed by atoms with Gasteiger partial charge in [0.1, 0.15) is 11.6 Å². The summed E-state index contributed by atoms with van der Waals surface area (Å²) in [7, 11) is 0. The summed E-state index contributed by atoms with van der Waals surface area (Å²) in [6.07, 6.45) is 0.536. The molecule has 0 aliphatic heterocycles. The molecule has 0 saturated heterocycles. The van der Waals surface area contributed by atoms with Crippen LogP contribution in [-0.2, 0) is 6.42 Å². The molecule has 0 aromatic heterocycles. The number of anilines is 1. The minimum atomic E-state index is -0.381. The SMILES string of the molecule is O=C(NCCc1cccc(F)c1)Nc1ccc(F)cc1. The highest BCUT2D eigenvalue weighted by Crippen LogP contribution is 2.08. The predicted molar refractivity (Wildman–Crippen MR) is 73.5 cm³/mol. The lowest BCUT2D eigenvalue weighted by Crippen LogP contribution is -2.30. The zero-order valence-electron chi connectivity index (χ0n) is 10.7. The van der Waals surface area contributed by atoms with Crippen molar-refractivity contribution < 1.29 is 13.6 Å². The molecule has 0 radical (unpaired) electrons. The van der Waals surface area contributed by atoms with E-state index in [2.05, 4.69) is 10.6 Å². The van der Waals surface area contributed by atoms with E-state index in [0.717, 1.165) is 5.56 Å². The average Bonchev–Trinajstić information content (AvgIpc) is 2.41. The van der Waals surface area contributed by atoms with Gasteiger partial charge >= 0.3 is 6.03 Å². The molecule has 20 heavy (non-hydrogen) atoms. The van der Waals surface area contributed by atoms with Gasteiger partial charge in [0.2, 0.25) is 0 Å². The second-order valence-electron chi connectivity index (χ2n) is 4.27. The molecule has 3 nitrogen and oxygen atoms in total. The highest BCUT2D eigenvalue weighted by Gasteiger charge is 2.02. The van der Waals surface area contributed by atoms with Crippen LogP contribution in [0.3, 0.4) is 0 Å². The lowest BCUT2D eigenvalue weighted by atomic mass is 10.1. The minimum absolute atomic E-state index is 0.293. The summed E-state index contributed by atoms with van der Waals surface area (Å²) >= 11 is 0. The number of rotatable bonds is 4. The molecule has 0 atom stereocenters. The topological polar surface area (TPSA) is 41.1 Å². The minimum Gasteiger partial charge on any atom is -0.338 e. The summed E-state index contributed by atoms with van der Waals surface area (Å²) in [5.41, 5.74) is 1.32. The Morgan fingerprint density at radius 1 is 1.00 bits per heavy atom. The maximum atomic E-state index is 12.9. The Labute approximate surface area is 115 Å². The molecule has 0 saturated carbocycles. The Morgan fingerprint density at radius 2 is 1.75 bits per heavy atom. The van der Waals surface area contributed by atoms with Crippen molar-refractivity contribution in [3.8, 4) is 0 Å². The molecule has 2 aromatic rings. The van der Waals surface area contributed by atoms with Crippen molar-refractivity contribution >= 4 is 11.7 Å². The molecule has 0 aliphatic carbocycles. The number of carbonyl (C=O) groups excluding carboxylic acids is 1. The molecule has 0 aliphatic rings. The molecular weight excluding hydrogens is 262 g/mol. The molecule has 5 heteroatoms. The van der Waals surface area contributed by atoms with Crippen LogP contribution in [0, 0.1) is 11.6 Å². The fourth-order valence-corrected chi connectivity index (χ4v) is 1.72. The van der Waals surface area contributed by atoms with Crippen LogP contribution in [0.15, 0.2) is 48.5 Å². The number of urea groups is 1. The van der Waals surface area contributed by atoms with Crippen molar-refractivity contribution in [2.75, 3.05) is 11.9 Å². The third-order valence-corrected chi connectivity index (χ3v) is 2.69. The van der Waals surface area contributed by atoms with Crippen LogP contribution in [0.4, 0.5) is 19.3 Å². The van der Waals surface area contributed by atoms with Crippen molar-refractivity contribution in [1.29, 1.82) is 0 Å². The van der Waals surface area contributed by atoms with Gasteiger partial charge in [-0.1, -0.05) is 12.1 Å². The van der Waals surface area contributed by atoms with Crippen LogP contribution >= 0.6 is 0 Å². The van der Waals surface area contributed by atoms with Crippen molar-refractivity contribution in [1.82, 2.24) is 5.32 Å². The van der Waals surface area contributed by atoms with Gasteiger partial charge in [-0.2, -0.15) is 0 Å². The molecule has 0 heterocycles. The predicted octanol–water partition coefficient (Wildman–Crippen LogP) is 3.33. The fourth-order valence-electron chi connectivity index (χ4n) is 1.72. The summed E-state index contributed by atoms with van der Waals surface area (Å²) in [5, 5.41) is 5.22. The normalized spacial score (nSPS) is 10.1. The molecule has 0 unspecified atom stereocenters. The first kappa shape index (κ1) is 14.0. The van der Waals surface area contributed by atoms with Crippen molar-refractivity contribution in [2.24, 2.45) is 0 Å². The Morgan fingerprint density at radius 3 is 2.45 bits per heavy atom. The third kappa shape index (κ3) is 4.35. The zero-order chi connectivity index (χ0) is 14.4. The van der Waals surface area contributed by atoms with Gasteiger partial charge in [0.05, 0.1) is 0 Å². The number of hydrogen-bond donors (Lipinski definition) is 2. The quantitative estimate of drug-likeness (QED) is 0.883. The molecular formula is C15H14F2N2O. The van der Waals surface area contributed by atoms with Gasteiger partial charge in [0, 0.05) is 12.2 Å². The van der Waals surface area contributed by atoms with E-state index in [1.807, 2.05) is 0 Å². The summed E-state index contributed by atoms with van der Waals surface area (Å²) in [6, 6.07) is 11.3. The first-order chi connectivity index (χ1) is 9.63. The largest absolute Gasteiger partial charge is 0.338 e. The second kappa shape index (κ2) is 6.65. The molecule has 2 aromatic carbocycles. The van der Waals surface area contributed by atoms with Gasteiger partial charge in [0.15, 0.2) is 0 Å². The van der Waals surface area contributed by atoms with Crippen LogP contribution in [-0.4, -0.2) is 12.6 Å². The van der Waals surface area contributed by atoms with E-state index in [-0.39, 0.29) is 17.7 Å². The number of amides is 2. The van der Waals surface area contributed by atoms with E-state index in [1.165, 1.54) is 36.4 Å². The van der Waals surface area contributed by atoms with Gasteiger partial charge in [-0.25, -0.2) is 13.6 Å². The number of nitrogens with one attached hydrogen (secondary N) is 2. The Kier molecular flexibility index (Phi) is 4.65. The van der Waals surface area contributed by atoms with Crippen molar-refractivity contribution in [3.63, 3.8) is 0 Å². The summed E-state index contributed by atoms with van der Waals surface area (Å²) in [4.78, 5) is 11.6. The van der Waals surface area contributed by atoms with Crippen LogP contribution < -0.4 is 10.6 Å². The highest BCUT2D eigenvalue weighted by atomic mass is 19.1. The summed E-state index contributed by atoms with van der Waals surface area (Å²) < 4.78 is 25.6. The highest BCUT2D eigenvalue weighted by molar-refractivity contribution is 5.89. The smallest absolute Gasteiger partial charge is 0.319 e. The summed E-state index contributed by atoms with van der Waals surface area (Å²) in [6.45, 7) is 0.385. The monoisotopic (exact) mass is 276 g/mol. The zero-order valence-corrected chi connectivity index (χ0v) is 10.7. The number of halogens is 2. The van der Waals surface area contributed by atoms with Gasteiger partial charge in [0.25, 0.3) is 0 Å². The van der Waals surface area contributed by atoms with Gasteiger partial charge in [-0.15, -0.1) is 0 Å². The number of carbonyl (C=O) groups is 1. The first-order valence-corrected chi connectivity index (χ1v) is 6.18. The molecule has 0 spiro atoms. The van der Waals surface area contributed by atoms with E-state index in [0.29, 0.717) is 18.7 Å². The first-order valence-electron chi connectivity index (χ1n) is 6.18. The van der Waals surface area contributed by atoms with Crippen LogP contribution in [0.5, 0.6) is 0 Å². The second-order valence-corrected chi connectivity index (χ2v) is 4.27. The van der Waals surface area contributed by atoms with Crippen molar-refractivity contribution in [2.45, 2.75) is 6.42 Å². The average molecular weight is 276 g/mol. The lowest BCUT2D eigenvalue weighted by Gasteiger charge is -2.07. The van der Waals surface area contributed by atoms with Crippen LogP contribution in [0.2, 0.25) is 0 Å². The van der Waals surface area contributed by atoms with E-state index in [4.69, 9.17) is 0 Å². The van der Waals surface area contributed by atoms with Gasteiger partial charge in [-0.05, 0) is 48.4 Å². The van der Waals surface area contributed by atoms with E-state index >= 15 is 0 Å². The number of hydrogen-bond acceptors (Lipinski definition) is 1. The molecule has 0 bridgehead atoms. The van der Waals surface area contributed by atoms with Crippen molar-refractivity contribution in [3.05, 3.63) is 65.7 Å².